The smallest absolute Gasteiger partial charge is 0.362 e. The molecular weight excluding hydrogens is 495 g/mol. The number of anilines is 5. The Morgan fingerprint density at radius 1 is 0.895 bits per heavy atom. The number of aromatic nitrogens is 1. The van der Waals surface area contributed by atoms with Crippen molar-refractivity contribution >= 4 is 52.0 Å². The summed E-state index contributed by atoms with van der Waals surface area (Å²) in [5.74, 6) is -0.194. The number of carbonyl (C=O) groups is 2. The molecular formula is C28H22F3N5O2. The fraction of sp³-hybridized carbons (Fsp3) is 0.0714. The second-order valence-electron chi connectivity index (χ2n) is 8.71. The van der Waals surface area contributed by atoms with Crippen LogP contribution in [0.25, 0.3) is 11.6 Å². The van der Waals surface area contributed by atoms with Crippen LogP contribution in [0, 0.1) is 6.92 Å². The number of urea groups is 1. The maximum atomic E-state index is 12.9. The highest BCUT2D eigenvalue weighted by Crippen LogP contribution is 2.36. The maximum Gasteiger partial charge on any atom is 0.416 e. The van der Waals surface area contributed by atoms with Gasteiger partial charge < -0.3 is 26.3 Å². The van der Waals surface area contributed by atoms with E-state index in [0.29, 0.717) is 22.6 Å². The van der Waals surface area contributed by atoms with E-state index < -0.39 is 17.8 Å². The van der Waals surface area contributed by atoms with E-state index in [4.69, 9.17) is 0 Å². The number of amides is 3. The molecule has 4 aromatic rings. The minimum atomic E-state index is -4.51. The molecule has 0 radical (unpaired) electrons. The molecule has 38 heavy (non-hydrogen) atoms. The summed E-state index contributed by atoms with van der Waals surface area (Å²) in [7, 11) is 0. The van der Waals surface area contributed by atoms with E-state index in [2.05, 4.69) is 26.3 Å². The minimum Gasteiger partial charge on any atom is -0.362 e. The van der Waals surface area contributed by atoms with E-state index in [9.17, 15) is 22.8 Å². The van der Waals surface area contributed by atoms with Crippen LogP contribution in [0.5, 0.6) is 0 Å². The lowest BCUT2D eigenvalue weighted by Gasteiger charge is -2.14. The number of aromatic amines is 1. The number of H-pyrrole nitrogens is 1. The molecule has 0 spiro atoms. The van der Waals surface area contributed by atoms with Crippen LogP contribution in [-0.2, 0) is 11.0 Å². The van der Waals surface area contributed by atoms with Crippen molar-refractivity contribution in [2.45, 2.75) is 13.1 Å². The monoisotopic (exact) mass is 517 g/mol. The van der Waals surface area contributed by atoms with E-state index in [1.807, 2.05) is 37.3 Å². The molecule has 5 rings (SSSR count). The molecule has 0 bridgehead atoms. The number of rotatable bonds is 5. The maximum absolute atomic E-state index is 12.9. The van der Waals surface area contributed by atoms with Gasteiger partial charge in [0.2, 0.25) is 0 Å². The molecule has 1 aromatic heterocycles. The molecule has 0 saturated heterocycles. The first-order valence-corrected chi connectivity index (χ1v) is 11.6. The number of carbonyl (C=O) groups excluding carboxylic acids is 2. The van der Waals surface area contributed by atoms with Gasteiger partial charge in [0.15, 0.2) is 0 Å². The Labute approximate surface area is 215 Å². The number of hydrogen-bond acceptors (Lipinski definition) is 3. The van der Waals surface area contributed by atoms with Gasteiger partial charge in [-0.15, -0.1) is 0 Å². The Morgan fingerprint density at radius 3 is 2.39 bits per heavy atom. The number of benzene rings is 3. The fourth-order valence-corrected chi connectivity index (χ4v) is 4.06. The van der Waals surface area contributed by atoms with Crippen LogP contribution in [0.3, 0.4) is 0 Å². The van der Waals surface area contributed by atoms with Gasteiger partial charge in [0.05, 0.1) is 16.8 Å². The van der Waals surface area contributed by atoms with Crippen molar-refractivity contribution in [2.24, 2.45) is 0 Å². The Hall–Kier alpha value is -4.99. The molecule has 1 aliphatic heterocycles. The van der Waals surface area contributed by atoms with Gasteiger partial charge in [0, 0.05) is 40.2 Å². The molecule has 3 amide bonds. The van der Waals surface area contributed by atoms with Gasteiger partial charge in [0.25, 0.3) is 5.91 Å². The summed E-state index contributed by atoms with van der Waals surface area (Å²) in [6.45, 7) is 1.89. The molecule has 3 aromatic carbocycles. The van der Waals surface area contributed by atoms with E-state index >= 15 is 0 Å². The molecule has 0 aliphatic carbocycles. The molecule has 2 heterocycles. The van der Waals surface area contributed by atoms with E-state index in [1.165, 1.54) is 12.1 Å². The highest BCUT2D eigenvalue weighted by molar-refractivity contribution is 6.35. The number of alkyl halides is 3. The van der Waals surface area contributed by atoms with Gasteiger partial charge >= 0.3 is 12.2 Å². The Morgan fingerprint density at radius 2 is 1.66 bits per heavy atom. The number of hydrogen-bond donors (Lipinski definition) is 5. The zero-order valence-corrected chi connectivity index (χ0v) is 20.0. The van der Waals surface area contributed by atoms with Gasteiger partial charge in [-0.05, 0) is 73.2 Å². The summed E-state index contributed by atoms with van der Waals surface area (Å²) in [4.78, 5) is 28.0. The van der Waals surface area contributed by atoms with Gasteiger partial charge in [-0.25, -0.2) is 4.79 Å². The topological polar surface area (TPSA) is 98.0 Å². The van der Waals surface area contributed by atoms with Crippen molar-refractivity contribution in [2.75, 3.05) is 21.3 Å². The molecule has 0 saturated carbocycles. The van der Waals surface area contributed by atoms with Crippen LogP contribution in [0.1, 0.15) is 22.4 Å². The summed E-state index contributed by atoms with van der Waals surface area (Å²) >= 11 is 0. The van der Waals surface area contributed by atoms with Gasteiger partial charge in [0.1, 0.15) is 0 Å². The second kappa shape index (κ2) is 9.81. The molecule has 0 atom stereocenters. The minimum absolute atomic E-state index is 0.0210. The number of nitrogens with one attached hydrogen (secondary N) is 5. The van der Waals surface area contributed by atoms with Crippen LogP contribution >= 0.6 is 0 Å². The van der Waals surface area contributed by atoms with Crippen LogP contribution in [-0.4, -0.2) is 16.9 Å². The highest BCUT2D eigenvalue weighted by atomic mass is 19.4. The Kier molecular flexibility index (Phi) is 6.38. The van der Waals surface area contributed by atoms with E-state index in [-0.39, 0.29) is 11.6 Å². The first-order chi connectivity index (χ1) is 18.2. The lowest BCUT2D eigenvalue weighted by atomic mass is 10.1. The highest BCUT2D eigenvalue weighted by Gasteiger charge is 2.30. The molecule has 0 fully saturated rings. The summed E-state index contributed by atoms with van der Waals surface area (Å²) in [6, 6.07) is 18.2. The largest absolute Gasteiger partial charge is 0.416 e. The lowest BCUT2D eigenvalue weighted by molar-refractivity contribution is -0.137. The third-order valence-electron chi connectivity index (χ3n) is 5.95. The van der Waals surface area contributed by atoms with Crippen molar-refractivity contribution in [3.63, 3.8) is 0 Å². The predicted octanol–water partition coefficient (Wildman–Crippen LogP) is 7.22. The molecule has 192 valence electrons. The molecule has 7 nitrogen and oxygen atoms in total. The van der Waals surface area contributed by atoms with Crippen LogP contribution in [0.15, 0.2) is 79.0 Å². The molecule has 5 N–H and O–H groups in total. The fourth-order valence-electron chi connectivity index (χ4n) is 4.06. The quantitative estimate of drug-likeness (QED) is 0.181. The SMILES string of the molecule is Cc1ccc(NC(=O)Nc2cccc(C(F)(F)F)c2)cc1Nc1ccc2c(c1)NC(=O)/C2=C\c1ccc[nH]1. The van der Waals surface area contributed by atoms with Gasteiger partial charge in [-0.2, -0.15) is 13.2 Å². The molecule has 1 aliphatic rings. The zero-order chi connectivity index (χ0) is 26.9. The van der Waals surface area contributed by atoms with Crippen molar-refractivity contribution in [3.8, 4) is 0 Å². The number of fused-ring (bicyclic) bond motifs is 1. The first kappa shape index (κ1) is 24.7. The average molecular weight is 518 g/mol. The van der Waals surface area contributed by atoms with Crippen molar-refractivity contribution in [1.82, 2.24) is 4.98 Å². The normalized spacial score (nSPS) is 13.7. The summed E-state index contributed by atoms with van der Waals surface area (Å²) in [5.41, 5.74) is 4.76. The van der Waals surface area contributed by atoms with Gasteiger partial charge in [-0.1, -0.05) is 18.2 Å². The second-order valence-corrected chi connectivity index (χ2v) is 8.71. The van der Waals surface area contributed by atoms with Crippen LogP contribution in [0.4, 0.5) is 46.4 Å². The number of aryl methyl sites for hydroxylation is 1. The van der Waals surface area contributed by atoms with Crippen molar-refractivity contribution < 1.29 is 22.8 Å². The summed E-state index contributed by atoms with van der Waals surface area (Å²) in [6.07, 6.45) is -0.933. The van der Waals surface area contributed by atoms with Crippen molar-refractivity contribution in [1.29, 1.82) is 0 Å². The lowest BCUT2D eigenvalue weighted by Crippen LogP contribution is -2.20. The van der Waals surface area contributed by atoms with Gasteiger partial charge in [-0.3, -0.25) is 4.79 Å². The summed E-state index contributed by atoms with van der Waals surface area (Å²) < 4.78 is 38.8. The first-order valence-electron chi connectivity index (χ1n) is 11.6. The third kappa shape index (κ3) is 5.39. The van der Waals surface area contributed by atoms with Crippen LogP contribution < -0.4 is 21.3 Å². The molecule has 10 heteroatoms. The Bertz CT molecular complexity index is 1560. The Balaban J connectivity index is 1.30. The van der Waals surface area contributed by atoms with E-state index in [1.54, 1.807) is 30.5 Å². The summed E-state index contributed by atoms with van der Waals surface area (Å²) in [5, 5.41) is 11.2. The third-order valence-corrected chi connectivity index (χ3v) is 5.95. The van der Waals surface area contributed by atoms with Crippen LogP contribution in [0.2, 0.25) is 0 Å². The van der Waals surface area contributed by atoms with E-state index in [0.717, 1.165) is 34.6 Å². The predicted molar refractivity (Wildman–Crippen MR) is 142 cm³/mol. The zero-order valence-electron chi connectivity index (χ0n) is 20.0. The average Bonchev–Trinajstić information content (AvgIpc) is 3.48. The number of halogens is 3. The molecule has 0 unspecified atom stereocenters. The van der Waals surface area contributed by atoms with Crippen molar-refractivity contribution in [3.05, 3.63) is 101 Å². The standard InChI is InChI=1S/C28H22F3N5O2/c1-16-7-8-21(35-27(38)34-19-5-2-4-17(12-19)28(29,30)31)14-24(16)33-20-9-10-22-23(13-18-6-3-11-32-18)26(37)36-25(22)15-20/h2-15,32-33H,1H3,(H,36,37)(H2,34,35,38)/b23-13-.